The third-order valence-electron chi connectivity index (χ3n) is 4.38. The maximum atomic E-state index is 10.7. The van der Waals surface area contributed by atoms with Gasteiger partial charge in [0, 0.05) is 33.5 Å². The third-order valence-corrected chi connectivity index (χ3v) is 4.38. The molecule has 128 valence electrons. The minimum Gasteiger partial charge on any atom is -0.384 e. The van der Waals surface area contributed by atoms with Crippen molar-refractivity contribution in [1.82, 2.24) is 0 Å². The maximum absolute atomic E-state index is 10.7. The molecule has 4 nitrogen and oxygen atoms in total. The van der Waals surface area contributed by atoms with E-state index in [-0.39, 0.29) is 5.60 Å². The van der Waals surface area contributed by atoms with Gasteiger partial charge in [-0.1, -0.05) is 38.3 Å². The Balaban J connectivity index is 0.000000714. The highest BCUT2D eigenvalue weighted by Gasteiger charge is 2.42. The summed E-state index contributed by atoms with van der Waals surface area (Å²) in [7, 11) is 3.28. The fourth-order valence-corrected chi connectivity index (χ4v) is 2.45. The first-order valence-corrected chi connectivity index (χ1v) is 8.37. The number of rotatable bonds is 9. The molecule has 0 saturated heterocycles. The van der Waals surface area contributed by atoms with Crippen LogP contribution in [0.3, 0.4) is 0 Å². The van der Waals surface area contributed by atoms with Gasteiger partial charge in [0.15, 0.2) is 5.79 Å². The molecule has 0 spiro atoms. The van der Waals surface area contributed by atoms with Crippen LogP contribution >= 0.6 is 0 Å². The molecule has 1 saturated carbocycles. The number of hydrogen-bond donors (Lipinski definition) is 0. The molecule has 4 heteroatoms. The lowest BCUT2D eigenvalue weighted by Crippen LogP contribution is -2.46. The standard InChI is InChI=1S/C15H26O4.C3H6/c1-13-7-5-8-14(13,2)19-15(18-4,9-6-11-16)10-12-17-3;1-2-3-1/h5,8,11,13H,6-7,9-10,12H2,1-4H3;1-3H2. The third kappa shape index (κ3) is 6.19. The average Bonchev–Trinajstić information content (AvgIpc) is 3.35. The van der Waals surface area contributed by atoms with E-state index in [4.69, 9.17) is 14.2 Å². The Kier molecular flexibility index (Phi) is 8.29. The molecule has 0 aliphatic heterocycles. The van der Waals surface area contributed by atoms with E-state index in [9.17, 15) is 4.79 Å². The van der Waals surface area contributed by atoms with E-state index in [2.05, 4.69) is 26.0 Å². The first-order valence-electron chi connectivity index (χ1n) is 8.37. The van der Waals surface area contributed by atoms with Crippen molar-refractivity contribution >= 4 is 6.29 Å². The van der Waals surface area contributed by atoms with E-state index in [0.29, 0.717) is 31.8 Å². The second-order valence-corrected chi connectivity index (χ2v) is 6.45. The maximum Gasteiger partial charge on any atom is 0.171 e. The van der Waals surface area contributed by atoms with Crippen LogP contribution in [0.5, 0.6) is 0 Å². The van der Waals surface area contributed by atoms with Crippen LogP contribution in [0.2, 0.25) is 0 Å². The predicted molar refractivity (Wildman–Crippen MR) is 87.8 cm³/mol. The number of allylic oxidation sites excluding steroid dienone is 1. The highest BCUT2D eigenvalue weighted by Crippen LogP contribution is 2.39. The summed E-state index contributed by atoms with van der Waals surface area (Å²) in [4.78, 5) is 10.7. The fourth-order valence-electron chi connectivity index (χ4n) is 2.45. The molecule has 0 N–H and O–H groups in total. The minimum absolute atomic E-state index is 0.341. The molecule has 0 heterocycles. The molecule has 0 aromatic heterocycles. The summed E-state index contributed by atoms with van der Waals surface area (Å²) >= 11 is 0. The van der Waals surface area contributed by atoms with Crippen LogP contribution in [0.15, 0.2) is 12.2 Å². The summed E-state index contributed by atoms with van der Waals surface area (Å²) in [5.41, 5.74) is -0.341. The van der Waals surface area contributed by atoms with Gasteiger partial charge in [-0.3, -0.25) is 0 Å². The SMILES string of the molecule is C1CC1.COCCC(CCC=O)(OC)OC1(C)C=CCC1C. The Morgan fingerprint density at radius 2 is 1.95 bits per heavy atom. The van der Waals surface area contributed by atoms with Gasteiger partial charge in [0.05, 0.1) is 12.2 Å². The molecular weight excluding hydrogens is 280 g/mol. The minimum atomic E-state index is -0.755. The van der Waals surface area contributed by atoms with Crippen molar-refractivity contribution in [2.75, 3.05) is 20.8 Å². The lowest BCUT2D eigenvalue weighted by Gasteiger charge is -2.41. The second-order valence-electron chi connectivity index (χ2n) is 6.45. The van der Waals surface area contributed by atoms with Crippen LogP contribution in [0, 0.1) is 5.92 Å². The average molecular weight is 312 g/mol. The highest BCUT2D eigenvalue weighted by molar-refractivity contribution is 5.49. The molecule has 3 atom stereocenters. The van der Waals surface area contributed by atoms with Crippen LogP contribution in [-0.4, -0.2) is 38.5 Å². The molecular formula is C18H32O4. The van der Waals surface area contributed by atoms with E-state index in [1.165, 1.54) is 19.3 Å². The lowest BCUT2D eigenvalue weighted by molar-refractivity contribution is -0.280. The summed E-state index contributed by atoms with van der Waals surface area (Å²) in [6.45, 7) is 4.78. The fraction of sp³-hybridized carbons (Fsp3) is 0.833. The molecule has 2 aliphatic carbocycles. The summed E-state index contributed by atoms with van der Waals surface area (Å²) in [5, 5.41) is 0. The van der Waals surface area contributed by atoms with E-state index in [1.807, 2.05) is 0 Å². The van der Waals surface area contributed by atoms with Gasteiger partial charge >= 0.3 is 0 Å². The van der Waals surface area contributed by atoms with Crippen LogP contribution in [0.25, 0.3) is 0 Å². The first-order chi connectivity index (χ1) is 10.5. The van der Waals surface area contributed by atoms with Crippen molar-refractivity contribution in [3.05, 3.63) is 12.2 Å². The number of aldehydes is 1. The van der Waals surface area contributed by atoms with Gasteiger partial charge in [-0.15, -0.1) is 0 Å². The topological polar surface area (TPSA) is 44.8 Å². The van der Waals surface area contributed by atoms with Gasteiger partial charge in [0.1, 0.15) is 6.29 Å². The lowest BCUT2D eigenvalue weighted by atomic mass is 9.93. The van der Waals surface area contributed by atoms with E-state index >= 15 is 0 Å². The summed E-state index contributed by atoms with van der Waals surface area (Å²) in [6.07, 6.45) is 12.2. The number of carbonyl (C=O) groups excluding carboxylic acids is 1. The summed E-state index contributed by atoms with van der Waals surface area (Å²) < 4.78 is 17.1. The van der Waals surface area contributed by atoms with Crippen LogP contribution in [0.1, 0.15) is 58.8 Å². The number of hydrogen-bond acceptors (Lipinski definition) is 4. The summed E-state index contributed by atoms with van der Waals surface area (Å²) in [5.74, 6) is -0.352. The molecule has 0 amide bonds. The molecule has 0 aromatic rings. The Bertz CT molecular complexity index is 350. The van der Waals surface area contributed by atoms with Crippen LogP contribution in [-0.2, 0) is 19.0 Å². The highest BCUT2D eigenvalue weighted by atomic mass is 16.7. The zero-order valence-corrected chi connectivity index (χ0v) is 14.6. The van der Waals surface area contributed by atoms with Crippen molar-refractivity contribution < 1.29 is 19.0 Å². The van der Waals surface area contributed by atoms with Crippen LogP contribution < -0.4 is 0 Å². The quantitative estimate of drug-likeness (QED) is 0.368. The normalized spacial score (nSPS) is 28.6. The van der Waals surface area contributed by atoms with Crippen molar-refractivity contribution in [3.8, 4) is 0 Å². The zero-order chi connectivity index (χ0) is 16.5. The Labute approximate surface area is 135 Å². The Hall–Kier alpha value is -0.710. The van der Waals surface area contributed by atoms with Crippen molar-refractivity contribution in [2.24, 2.45) is 5.92 Å². The van der Waals surface area contributed by atoms with Crippen molar-refractivity contribution in [1.29, 1.82) is 0 Å². The van der Waals surface area contributed by atoms with Gasteiger partial charge in [0.2, 0.25) is 0 Å². The van der Waals surface area contributed by atoms with E-state index < -0.39 is 5.79 Å². The number of carbonyl (C=O) groups is 1. The van der Waals surface area contributed by atoms with Gasteiger partial charge in [0.25, 0.3) is 0 Å². The van der Waals surface area contributed by atoms with E-state index in [0.717, 1.165) is 12.7 Å². The molecule has 3 unspecified atom stereocenters. The van der Waals surface area contributed by atoms with Gasteiger partial charge < -0.3 is 19.0 Å². The molecule has 0 bridgehead atoms. The second kappa shape index (κ2) is 9.43. The van der Waals surface area contributed by atoms with E-state index in [1.54, 1.807) is 14.2 Å². The van der Waals surface area contributed by atoms with Gasteiger partial charge in [-0.05, 0) is 19.3 Å². The largest absolute Gasteiger partial charge is 0.384 e. The number of methoxy groups -OCH3 is 2. The number of ether oxygens (including phenoxy) is 3. The van der Waals surface area contributed by atoms with Crippen LogP contribution in [0.4, 0.5) is 0 Å². The van der Waals surface area contributed by atoms with Gasteiger partial charge in [-0.2, -0.15) is 0 Å². The monoisotopic (exact) mass is 312 g/mol. The predicted octanol–water partition coefficient (Wildman–Crippen LogP) is 3.89. The van der Waals surface area contributed by atoms with Crippen molar-refractivity contribution in [2.45, 2.75) is 70.2 Å². The molecule has 22 heavy (non-hydrogen) atoms. The zero-order valence-electron chi connectivity index (χ0n) is 14.6. The summed E-state index contributed by atoms with van der Waals surface area (Å²) in [6, 6.07) is 0. The molecule has 0 aromatic carbocycles. The molecule has 2 aliphatic rings. The first kappa shape index (κ1) is 19.3. The Morgan fingerprint density at radius 1 is 1.27 bits per heavy atom. The smallest absolute Gasteiger partial charge is 0.171 e. The Morgan fingerprint density at radius 3 is 2.36 bits per heavy atom. The molecule has 2 rings (SSSR count). The molecule has 1 fully saturated rings. The molecule has 0 radical (unpaired) electrons. The van der Waals surface area contributed by atoms with Crippen molar-refractivity contribution in [3.63, 3.8) is 0 Å². The van der Waals surface area contributed by atoms with Gasteiger partial charge in [-0.25, -0.2) is 0 Å².